The predicted octanol–water partition coefficient (Wildman–Crippen LogP) is 5.10. The Bertz CT molecular complexity index is 1260. The van der Waals surface area contributed by atoms with Gasteiger partial charge in [-0.15, -0.1) is 0 Å². The van der Waals surface area contributed by atoms with E-state index in [0.29, 0.717) is 23.1 Å². The van der Waals surface area contributed by atoms with Crippen molar-refractivity contribution in [2.24, 2.45) is 5.10 Å². The molecule has 0 aliphatic heterocycles. The molecular weight excluding hydrogens is 466 g/mol. The third-order valence-corrected chi connectivity index (χ3v) is 7.58. The Labute approximate surface area is 207 Å². The summed E-state index contributed by atoms with van der Waals surface area (Å²) in [5.41, 5.74) is 6.66. The SMILES string of the molecule is CCCN(CCC)S(=O)(=O)c1ccc2c(c1)c(/C=N/NC(=S)Nc1ccc(C)cc1)cn2CC. The minimum atomic E-state index is -3.57. The van der Waals surface area contributed by atoms with Gasteiger partial charge in [-0.2, -0.15) is 9.41 Å². The van der Waals surface area contributed by atoms with Crippen LogP contribution in [0.4, 0.5) is 5.69 Å². The summed E-state index contributed by atoms with van der Waals surface area (Å²) in [6, 6.07) is 13.2. The minimum Gasteiger partial charge on any atom is -0.347 e. The molecule has 0 saturated carbocycles. The minimum absolute atomic E-state index is 0.301. The average Bonchev–Trinajstić information content (AvgIpc) is 3.17. The van der Waals surface area contributed by atoms with E-state index in [1.165, 1.54) is 5.56 Å². The van der Waals surface area contributed by atoms with Crippen molar-refractivity contribution in [3.8, 4) is 0 Å². The molecule has 0 radical (unpaired) electrons. The molecule has 0 amide bonds. The number of aromatic nitrogens is 1. The topological polar surface area (TPSA) is 78.7 Å². The van der Waals surface area contributed by atoms with E-state index in [0.717, 1.165) is 41.5 Å². The van der Waals surface area contributed by atoms with Gasteiger partial charge in [0.2, 0.25) is 10.0 Å². The molecule has 2 aromatic carbocycles. The molecule has 1 heterocycles. The van der Waals surface area contributed by atoms with Crippen LogP contribution in [0.25, 0.3) is 10.9 Å². The van der Waals surface area contributed by atoms with Crippen molar-refractivity contribution >= 4 is 50.2 Å². The van der Waals surface area contributed by atoms with E-state index in [2.05, 4.69) is 20.4 Å². The number of hydrogen-bond donors (Lipinski definition) is 2. The van der Waals surface area contributed by atoms with Gasteiger partial charge in [0, 0.05) is 48.0 Å². The fourth-order valence-corrected chi connectivity index (χ4v) is 5.61. The van der Waals surface area contributed by atoms with Crippen LogP contribution in [-0.2, 0) is 16.6 Å². The second-order valence-corrected chi connectivity index (χ2v) is 10.5. The largest absolute Gasteiger partial charge is 0.347 e. The van der Waals surface area contributed by atoms with Crippen molar-refractivity contribution in [2.75, 3.05) is 18.4 Å². The predicted molar refractivity (Wildman–Crippen MR) is 145 cm³/mol. The fraction of sp³-hybridized carbons (Fsp3) is 0.360. The summed E-state index contributed by atoms with van der Waals surface area (Å²) in [4.78, 5) is 0.301. The summed E-state index contributed by atoms with van der Waals surface area (Å²) >= 11 is 5.33. The van der Waals surface area contributed by atoms with E-state index in [4.69, 9.17) is 12.2 Å². The van der Waals surface area contributed by atoms with Gasteiger partial charge in [0.05, 0.1) is 11.1 Å². The molecule has 0 aliphatic rings. The number of aryl methyl sites for hydroxylation is 2. The summed E-state index contributed by atoms with van der Waals surface area (Å²) in [6.07, 6.45) is 5.18. The number of fused-ring (bicyclic) bond motifs is 1. The number of nitrogens with one attached hydrogen (secondary N) is 2. The third kappa shape index (κ3) is 6.02. The molecule has 2 N–H and O–H groups in total. The van der Waals surface area contributed by atoms with Crippen molar-refractivity contribution < 1.29 is 8.42 Å². The van der Waals surface area contributed by atoms with Crippen LogP contribution in [0.2, 0.25) is 0 Å². The molecule has 182 valence electrons. The standard InChI is InChI=1S/C25H33N5O2S2/c1-5-14-30(15-6-2)34(31,32)22-12-13-24-23(16-22)20(18-29(24)7-3)17-26-28-25(33)27-21-10-8-19(4)9-11-21/h8-13,16-18H,5-7,14-15H2,1-4H3,(H2,27,28,33)/b26-17+. The summed E-state index contributed by atoms with van der Waals surface area (Å²) in [6.45, 7) is 9.83. The second kappa shape index (κ2) is 11.6. The van der Waals surface area contributed by atoms with Gasteiger partial charge in [-0.25, -0.2) is 8.42 Å². The van der Waals surface area contributed by atoms with E-state index >= 15 is 0 Å². The number of hydrazone groups is 1. The van der Waals surface area contributed by atoms with Gasteiger partial charge < -0.3 is 9.88 Å². The maximum Gasteiger partial charge on any atom is 0.243 e. The number of nitrogens with zero attached hydrogens (tertiary/aromatic N) is 3. The first kappa shape index (κ1) is 25.9. The van der Waals surface area contributed by atoms with Gasteiger partial charge in [-0.1, -0.05) is 31.5 Å². The molecule has 0 saturated heterocycles. The van der Waals surface area contributed by atoms with E-state index in [1.807, 2.05) is 64.2 Å². The normalized spacial score (nSPS) is 12.0. The molecule has 9 heteroatoms. The Morgan fingerprint density at radius 3 is 2.38 bits per heavy atom. The Balaban J connectivity index is 1.85. The molecule has 0 unspecified atom stereocenters. The van der Waals surface area contributed by atoms with Crippen LogP contribution in [0.3, 0.4) is 0 Å². The quantitative estimate of drug-likeness (QED) is 0.230. The molecule has 3 aromatic rings. The van der Waals surface area contributed by atoms with Gasteiger partial charge in [0.15, 0.2) is 5.11 Å². The number of thiocarbonyl (C=S) groups is 1. The lowest BCUT2D eigenvalue weighted by molar-refractivity contribution is 0.410. The van der Waals surface area contributed by atoms with Crippen LogP contribution >= 0.6 is 12.2 Å². The molecule has 0 fully saturated rings. The number of hydrogen-bond acceptors (Lipinski definition) is 4. The highest BCUT2D eigenvalue weighted by atomic mass is 32.2. The molecule has 1 aromatic heterocycles. The maximum atomic E-state index is 13.3. The molecule has 0 aliphatic carbocycles. The highest BCUT2D eigenvalue weighted by Gasteiger charge is 2.24. The first-order valence-corrected chi connectivity index (χ1v) is 13.4. The number of rotatable bonds is 10. The maximum absolute atomic E-state index is 13.3. The van der Waals surface area contributed by atoms with Crippen LogP contribution < -0.4 is 10.7 Å². The molecule has 0 atom stereocenters. The van der Waals surface area contributed by atoms with Crippen LogP contribution in [0.5, 0.6) is 0 Å². The third-order valence-electron chi connectivity index (χ3n) is 5.49. The van der Waals surface area contributed by atoms with Crippen LogP contribution in [0.15, 0.2) is 58.7 Å². The highest BCUT2D eigenvalue weighted by molar-refractivity contribution is 7.89. The molecule has 3 rings (SSSR count). The van der Waals surface area contributed by atoms with E-state index in [1.54, 1.807) is 22.7 Å². The van der Waals surface area contributed by atoms with Crippen molar-refractivity contribution in [3.63, 3.8) is 0 Å². The Kier molecular flexibility index (Phi) is 8.82. The summed E-state index contributed by atoms with van der Waals surface area (Å²) in [7, 11) is -3.57. The van der Waals surface area contributed by atoms with E-state index in [-0.39, 0.29) is 0 Å². The van der Waals surface area contributed by atoms with Crippen LogP contribution in [0, 0.1) is 6.92 Å². The van der Waals surface area contributed by atoms with Crippen LogP contribution in [-0.4, -0.2) is 41.7 Å². The lowest BCUT2D eigenvalue weighted by Crippen LogP contribution is -2.32. The van der Waals surface area contributed by atoms with Crippen molar-refractivity contribution in [2.45, 2.75) is 52.0 Å². The van der Waals surface area contributed by atoms with Crippen molar-refractivity contribution in [3.05, 3.63) is 59.8 Å². The molecule has 0 spiro atoms. The monoisotopic (exact) mass is 499 g/mol. The lowest BCUT2D eigenvalue weighted by atomic mass is 10.2. The summed E-state index contributed by atoms with van der Waals surface area (Å²) in [5.74, 6) is 0. The zero-order valence-electron chi connectivity index (χ0n) is 20.2. The average molecular weight is 500 g/mol. The first-order valence-electron chi connectivity index (χ1n) is 11.6. The van der Waals surface area contributed by atoms with Gasteiger partial charge in [-0.05, 0) is 69.2 Å². The van der Waals surface area contributed by atoms with E-state index < -0.39 is 10.0 Å². The molecule has 34 heavy (non-hydrogen) atoms. The molecule has 0 bridgehead atoms. The van der Waals surface area contributed by atoms with Crippen molar-refractivity contribution in [1.82, 2.24) is 14.3 Å². The lowest BCUT2D eigenvalue weighted by Gasteiger charge is -2.21. The summed E-state index contributed by atoms with van der Waals surface area (Å²) in [5, 5.41) is 8.58. The Hall–Kier alpha value is -2.75. The van der Waals surface area contributed by atoms with Crippen molar-refractivity contribution in [1.29, 1.82) is 0 Å². The number of anilines is 1. The van der Waals surface area contributed by atoms with Gasteiger partial charge in [0.1, 0.15) is 0 Å². The highest BCUT2D eigenvalue weighted by Crippen LogP contribution is 2.26. The number of sulfonamides is 1. The zero-order valence-corrected chi connectivity index (χ0v) is 21.8. The van der Waals surface area contributed by atoms with Gasteiger partial charge >= 0.3 is 0 Å². The summed E-state index contributed by atoms with van der Waals surface area (Å²) < 4.78 is 30.2. The first-order chi connectivity index (χ1) is 16.3. The van der Waals surface area contributed by atoms with Crippen LogP contribution in [0.1, 0.15) is 44.7 Å². The van der Waals surface area contributed by atoms with Gasteiger partial charge in [0.25, 0.3) is 0 Å². The smallest absolute Gasteiger partial charge is 0.243 e. The Morgan fingerprint density at radius 2 is 1.76 bits per heavy atom. The molecule has 7 nitrogen and oxygen atoms in total. The zero-order chi connectivity index (χ0) is 24.7. The second-order valence-electron chi connectivity index (χ2n) is 8.14. The number of benzene rings is 2. The van der Waals surface area contributed by atoms with E-state index in [9.17, 15) is 8.42 Å². The van der Waals surface area contributed by atoms with Gasteiger partial charge in [-0.3, -0.25) is 5.43 Å². The Morgan fingerprint density at radius 1 is 1.09 bits per heavy atom. The molecular formula is C25H33N5O2S2. The fourth-order valence-electron chi connectivity index (χ4n) is 3.79.